The van der Waals surface area contributed by atoms with E-state index in [0.29, 0.717) is 11.4 Å². The molecule has 0 amide bonds. The van der Waals surface area contributed by atoms with Crippen LogP contribution in [0.15, 0.2) is 58.8 Å². The first-order valence-electron chi connectivity index (χ1n) is 7.26. The zero-order chi connectivity index (χ0) is 18.7. The van der Waals surface area contributed by atoms with Gasteiger partial charge in [-0.05, 0) is 18.2 Å². The standard InChI is InChI=1S/C16H13N3O5S2/c1-24-13-6-2-4-11(8-13)15-10-25-16(17-15)18-26(22,23)14-7-3-5-12(9-14)19(20)21/h2-10H,1H3,(H,17,18). The molecule has 0 atom stereocenters. The van der Waals surface area contributed by atoms with E-state index in [9.17, 15) is 18.5 Å². The quantitative estimate of drug-likeness (QED) is 0.508. The highest BCUT2D eigenvalue weighted by molar-refractivity contribution is 7.93. The number of rotatable bonds is 6. The number of benzene rings is 2. The maximum atomic E-state index is 12.4. The third-order valence-corrected chi connectivity index (χ3v) is 5.65. The van der Waals surface area contributed by atoms with Crippen molar-refractivity contribution >= 4 is 32.2 Å². The van der Waals surface area contributed by atoms with Crippen LogP contribution in [-0.4, -0.2) is 25.4 Å². The number of nitro benzene ring substituents is 1. The summed E-state index contributed by atoms with van der Waals surface area (Å²) in [5.41, 5.74) is 1.07. The van der Waals surface area contributed by atoms with E-state index in [4.69, 9.17) is 4.74 Å². The van der Waals surface area contributed by atoms with Crippen molar-refractivity contribution in [2.45, 2.75) is 4.90 Å². The summed E-state index contributed by atoms with van der Waals surface area (Å²) in [6, 6.07) is 12.0. The lowest BCUT2D eigenvalue weighted by atomic mass is 10.2. The number of ether oxygens (including phenoxy) is 1. The molecule has 1 heterocycles. The number of methoxy groups -OCH3 is 1. The SMILES string of the molecule is COc1cccc(-c2csc(NS(=O)(=O)c3cccc([N+](=O)[O-])c3)n2)c1. The van der Waals surface area contributed by atoms with Gasteiger partial charge < -0.3 is 4.74 Å². The van der Waals surface area contributed by atoms with Gasteiger partial charge in [0.15, 0.2) is 5.13 Å². The van der Waals surface area contributed by atoms with Gasteiger partial charge in [0, 0.05) is 23.1 Å². The third kappa shape index (κ3) is 3.81. The minimum Gasteiger partial charge on any atom is -0.497 e. The molecule has 26 heavy (non-hydrogen) atoms. The molecule has 0 spiro atoms. The largest absolute Gasteiger partial charge is 0.497 e. The Labute approximate surface area is 153 Å². The zero-order valence-corrected chi connectivity index (χ0v) is 15.1. The van der Waals surface area contributed by atoms with Crippen LogP contribution in [0, 0.1) is 10.1 Å². The molecule has 1 aromatic heterocycles. The van der Waals surface area contributed by atoms with E-state index < -0.39 is 14.9 Å². The van der Waals surface area contributed by atoms with Crippen molar-refractivity contribution in [3.05, 3.63) is 64.0 Å². The average molecular weight is 391 g/mol. The van der Waals surface area contributed by atoms with Crippen molar-refractivity contribution in [1.82, 2.24) is 4.98 Å². The number of hydrogen-bond donors (Lipinski definition) is 1. The van der Waals surface area contributed by atoms with Gasteiger partial charge in [0.25, 0.3) is 15.7 Å². The Balaban J connectivity index is 1.86. The Morgan fingerprint density at radius 2 is 1.96 bits per heavy atom. The van der Waals surface area contributed by atoms with E-state index in [-0.39, 0.29) is 15.7 Å². The summed E-state index contributed by atoms with van der Waals surface area (Å²) in [5, 5.41) is 12.7. The molecule has 0 aliphatic carbocycles. The van der Waals surface area contributed by atoms with E-state index >= 15 is 0 Å². The molecule has 0 fully saturated rings. The Morgan fingerprint density at radius 3 is 2.69 bits per heavy atom. The summed E-state index contributed by atoms with van der Waals surface area (Å²) in [6.45, 7) is 0. The molecule has 8 nitrogen and oxygen atoms in total. The molecule has 0 aliphatic heterocycles. The average Bonchev–Trinajstić information content (AvgIpc) is 3.09. The summed E-state index contributed by atoms with van der Waals surface area (Å²) >= 11 is 1.11. The molecule has 3 aromatic rings. The Morgan fingerprint density at radius 1 is 1.19 bits per heavy atom. The molecule has 0 saturated heterocycles. The molecular formula is C16H13N3O5S2. The predicted octanol–water partition coefficient (Wildman–Crippen LogP) is 3.53. The number of non-ortho nitro benzene ring substituents is 1. The monoisotopic (exact) mass is 391 g/mol. The van der Waals surface area contributed by atoms with Gasteiger partial charge in [0.05, 0.1) is 22.6 Å². The second-order valence-electron chi connectivity index (χ2n) is 5.13. The summed E-state index contributed by atoms with van der Waals surface area (Å²) in [6.07, 6.45) is 0. The summed E-state index contributed by atoms with van der Waals surface area (Å²) in [7, 11) is -2.43. The molecule has 134 valence electrons. The van der Waals surface area contributed by atoms with E-state index in [1.807, 2.05) is 6.07 Å². The number of thiazole rings is 1. The van der Waals surface area contributed by atoms with Crippen LogP contribution in [-0.2, 0) is 10.0 Å². The Bertz CT molecular complexity index is 1060. The normalized spacial score (nSPS) is 11.1. The summed E-state index contributed by atoms with van der Waals surface area (Å²) in [5.74, 6) is 0.661. The van der Waals surface area contributed by atoms with Crippen LogP contribution in [0.3, 0.4) is 0 Å². The number of sulfonamides is 1. The number of nitrogens with one attached hydrogen (secondary N) is 1. The topological polar surface area (TPSA) is 111 Å². The van der Waals surface area contributed by atoms with Crippen LogP contribution in [0.5, 0.6) is 5.75 Å². The van der Waals surface area contributed by atoms with Crippen molar-refractivity contribution < 1.29 is 18.1 Å². The number of nitro groups is 1. The van der Waals surface area contributed by atoms with E-state index in [1.54, 1.807) is 30.7 Å². The van der Waals surface area contributed by atoms with Crippen molar-refractivity contribution in [2.24, 2.45) is 0 Å². The molecule has 0 saturated carbocycles. The summed E-state index contributed by atoms with van der Waals surface area (Å²) in [4.78, 5) is 14.2. The molecule has 0 unspecified atom stereocenters. The Hall–Kier alpha value is -2.98. The number of nitrogens with zero attached hydrogens (tertiary/aromatic N) is 2. The first-order valence-corrected chi connectivity index (χ1v) is 9.62. The lowest BCUT2D eigenvalue weighted by molar-refractivity contribution is -0.385. The van der Waals surface area contributed by atoms with Crippen LogP contribution in [0.4, 0.5) is 10.8 Å². The minimum atomic E-state index is -3.98. The fraction of sp³-hybridized carbons (Fsp3) is 0.0625. The smallest absolute Gasteiger partial charge is 0.270 e. The highest BCUT2D eigenvalue weighted by Crippen LogP contribution is 2.29. The van der Waals surface area contributed by atoms with Crippen LogP contribution in [0.1, 0.15) is 0 Å². The molecule has 1 N–H and O–H groups in total. The third-order valence-electron chi connectivity index (χ3n) is 3.43. The fourth-order valence-corrected chi connectivity index (χ4v) is 4.19. The molecular weight excluding hydrogens is 378 g/mol. The maximum Gasteiger partial charge on any atom is 0.270 e. The van der Waals surface area contributed by atoms with E-state index in [2.05, 4.69) is 9.71 Å². The highest BCUT2D eigenvalue weighted by atomic mass is 32.2. The van der Waals surface area contributed by atoms with Crippen molar-refractivity contribution in [2.75, 3.05) is 11.8 Å². The number of aromatic nitrogens is 1. The van der Waals surface area contributed by atoms with Gasteiger partial charge in [-0.3, -0.25) is 14.8 Å². The zero-order valence-electron chi connectivity index (χ0n) is 13.4. The highest BCUT2D eigenvalue weighted by Gasteiger charge is 2.19. The second kappa shape index (κ2) is 7.10. The van der Waals surface area contributed by atoms with Gasteiger partial charge in [0.1, 0.15) is 5.75 Å². The first-order chi connectivity index (χ1) is 12.4. The lowest BCUT2D eigenvalue weighted by Crippen LogP contribution is -2.13. The fourth-order valence-electron chi connectivity index (χ4n) is 2.17. The van der Waals surface area contributed by atoms with Crippen LogP contribution in [0.2, 0.25) is 0 Å². The van der Waals surface area contributed by atoms with Gasteiger partial charge in [-0.2, -0.15) is 0 Å². The van der Waals surface area contributed by atoms with Crippen molar-refractivity contribution in [1.29, 1.82) is 0 Å². The van der Waals surface area contributed by atoms with Gasteiger partial charge in [0.2, 0.25) is 0 Å². The van der Waals surface area contributed by atoms with Gasteiger partial charge in [-0.15, -0.1) is 11.3 Å². The van der Waals surface area contributed by atoms with Crippen LogP contribution >= 0.6 is 11.3 Å². The predicted molar refractivity (Wildman–Crippen MR) is 98.0 cm³/mol. The van der Waals surface area contributed by atoms with E-state index in [0.717, 1.165) is 23.0 Å². The first kappa shape index (κ1) is 17.8. The molecule has 10 heteroatoms. The Kier molecular flexibility index (Phi) is 4.87. The number of hydrogen-bond acceptors (Lipinski definition) is 7. The van der Waals surface area contributed by atoms with Crippen molar-refractivity contribution in [3.63, 3.8) is 0 Å². The second-order valence-corrected chi connectivity index (χ2v) is 7.67. The van der Waals surface area contributed by atoms with E-state index in [1.165, 1.54) is 18.2 Å². The van der Waals surface area contributed by atoms with Gasteiger partial charge in [-0.25, -0.2) is 13.4 Å². The molecule has 0 aliphatic rings. The minimum absolute atomic E-state index is 0.161. The van der Waals surface area contributed by atoms with Gasteiger partial charge in [-0.1, -0.05) is 18.2 Å². The summed E-state index contributed by atoms with van der Waals surface area (Å²) < 4.78 is 32.4. The van der Waals surface area contributed by atoms with Crippen LogP contribution in [0.25, 0.3) is 11.3 Å². The lowest BCUT2D eigenvalue weighted by Gasteiger charge is -2.05. The van der Waals surface area contributed by atoms with Gasteiger partial charge >= 0.3 is 0 Å². The molecule has 0 radical (unpaired) electrons. The van der Waals surface area contributed by atoms with Crippen molar-refractivity contribution in [3.8, 4) is 17.0 Å². The molecule has 2 aromatic carbocycles. The molecule has 0 bridgehead atoms. The maximum absolute atomic E-state index is 12.4. The molecule has 3 rings (SSSR count). The van der Waals surface area contributed by atoms with Crippen LogP contribution < -0.4 is 9.46 Å². The number of anilines is 1.